The second-order valence-corrected chi connectivity index (χ2v) is 5.94. The van der Waals surface area contributed by atoms with Crippen molar-refractivity contribution in [3.63, 3.8) is 0 Å². The molecule has 3 rings (SSSR count). The number of aromatic nitrogens is 1. The van der Waals surface area contributed by atoms with Crippen LogP contribution in [0, 0.1) is 0 Å². The summed E-state index contributed by atoms with van der Waals surface area (Å²) in [7, 11) is 1.97. The van der Waals surface area contributed by atoms with Crippen LogP contribution in [0.2, 0.25) is 0 Å². The zero-order chi connectivity index (χ0) is 14.7. The van der Waals surface area contributed by atoms with Crippen molar-refractivity contribution in [2.24, 2.45) is 0 Å². The van der Waals surface area contributed by atoms with Crippen molar-refractivity contribution in [2.75, 3.05) is 7.05 Å². The van der Waals surface area contributed by atoms with E-state index in [-0.39, 0.29) is 6.04 Å². The van der Waals surface area contributed by atoms with Gasteiger partial charge in [0.2, 0.25) is 0 Å². The second kappa shape index (κ2) is 6.24. The van der Waals surface area contributed by atoms with E-state index in [4.69, 9.17) is 4.74 Å². The lowest BCUT2D eigenvalue weighted by atomic mass is 10.0. The molecule has 0 aliphatic rings. The lowest BCUT2D eigenvalue weighted by Crippen LogP contribution is -2.14. The van der Waals surface area contributed by atoms with Crippen molar-refractivity contribution < 1.29 is 4.74 Å². The third kappa shape index (κ3) is 2.91. The molecule has 1 aromatic heterocycles. The summed E-state index contributed by atoms with van der Waals surface area (Å²) in [5, 5.41) is 5.64. The van der Waals surface area contributed by atoms with Gasteiger partial charge in [0.15, 0.2) is 0 Å². The first kappa shape index (κ1) is 14.0. The minimum absolute atomic E-state index is 0.242. The number of nitrogens with zero attached hydrogens (tertiary/aromatic N) is 1. The molecule has 3 nitrogen and oxygen atoms in total. The zero-order valence-electron chi connectivity index (χ0n) is 12.2. The van der Waals surface area contributed by atoms with Crippen LogP contribution in [-0.4, -0.2) is 12.0 Å². The van der Waals surface area contributed by atoms with Crippen molar-refractivity contribution in [3.05, 3.63) is 58.5 Å². The zero-order valence-corrected chi connectivity index (χ0v) is 13.0. The second-order valence-electron chi connectivity index (χ2n) is 4.97. The quantitative estimate of drug-likeness (QED) is 0.768. The molecule has 1 N–H and O–H groups in total. The Labute approximate surface area is 128 Å². The van der Waals surface area contributed by atoms with Crippen molar-refractivity contribution in [1.82, 2.24) is 10.3 Å². The molecule has 0 amide bonds. The average Bonchev–Trinajstić information content (AvgIpc) is 3.05. The van der Waals surface area contributed by atoms with Crippen molar-refractivity contribution >= 4 is 22.1 Å². The van der Waals surface area contributed by atoms with Gasteiger partial charge >= 0.3 is 0 Å². The number of benzene rings is 2. The smallest absolute Gasteiger partial charge is 0.132 e. The number of thiazole rings is 1. The number of nitrogens with one attached hydrogen (secondary N) is 1. The van der Waals surface area contributed by atoms with Crippen molar-refractivity contribution in [1.29, 1.82) is 0 Å². The Bertz CT molecular complexity index is 725. The first-order chi connectivity index (χ1) is 10.3. The molecule has 2 aromatic carbocycles. The van der Waals surface area contributed by atoms with Gasteiger partial charge in [0.05, 0.1) is 10.4 Å². The summed E-state index contributed by atoms with van der Waals surface area (Å²) in [6.07, 6.45) is 1.86. The predicted octanol–water partition coefficient (Wildman–Crippen LogP) is 4.16. The van der Waals surface area contributed by atoms with E-state index in [0.717, 1.165) is 16.0 Å². The molecule has 108 valence electrons. The highest BCUT2D eigenvalue weighted by Crippen LogP contribution is 2.34. The van der Waals surface area contributed by atoms with Gasteiger partial charge in [0.1, 0.15) is 12.4 Å². The third-order valence-electron chi connectivity index (χ3n) is 3.65. The monoisotopic (exact) mass is 298 g/mol. The average molecular weight is 298 g/mol. The molecular weight excluding hydrogens is 280 g/mol. The Hall–Kier alpha value is -1.91. The molecule has 0 aliphatic carbocycles. The molecule has 0 bridgehead atoms. The highest BCUT2D eigenvalue weighted by Gasteiger charge is 2.14. The van der Waals surface area contributed by atoms with Gasteiger partial charge in [-0.2, -0.15) is 0 Å². The van der Waals surface area contributed by atoms with Crippen LogP contribution in [0.15, 0.2) is 48.1 Å². The lowest BCUT2D eigenvalue weighted by molar-refractivity contribution is 0.307. The molecule has 0 aliphatic heterocycles. The van der Waals surface area contributed by atoms with Gasteiger partial charge in [0.25, 0.3) is 0 Å². The SMILES string of the molecule is CNC(C)c1ccc2ccccc2c1OCc1cncs1. The van der Waals surface area contributed by atoms with E-state index in [1.807, 2.05) is 18.8 Å². The first-order valence-corrected chi connectivity index (χ1v) is 7.86. The largest absolute Gasteiger partial charge is 0.487 e. The van der Waals surface area contributed by atoms with Crippen LogP contribution in [0.25, 0.3) is 10.8 Å². The minimum atomic E-state index is 0.242. The fourth-order valence-corrected chi connectivity index (χ4v) is 2.88. The number of ether oxygens (including phenoxy) is 1. The van der Waals surface area contributed by atoms with Crippen LogP contribution in [0.5, 0.6) is 5.75 Å². The maximum atomic E-state index is 6.15. The van der Waals surface area contributed by atoms with Gasteiger partial charge in [-0.15, -0.1) is 11.3 Å². The van der Waals surface area contributed by atoms with Gasteiger partial charge < -0.3 is 10.1 Å². The third-order valence-corrected chi connectivity index (χ3v) is 4.40. The standard InChI is InChI=1S/C17H18N2OS/c1-12(18-2)15-8-7-13-5-3-4-6-16(13)17(15)20-10-14-9-19-11-21-14/h3-9,11-12,18H,10H2,1-2H3. The van der Waals surface area contributed by atoms with Gasteiger partial charge in [-0.1, -0.05) is 36.4 Å². The van der Waals surface area contributed by atoms with Crippen LogP contribution in [0.4, 0.5) is 0 Å². The summed E-state index contributed by atoms with van der Waals surface area (Å²) in [6, 6.07) is 12.9. The maximum Gasteiger partial charge on any atom is 0.132 e. The van der Waals surface area contributed by atoms with E-state index in [9.17, 15) is 0 Å². The van der Waals surface area contributed by atoms with E-state index < -0.39 is 0 Å². The summed E-state index contributed by atoms with van der Waals surface area (Å²) in [5.41, 5.74) is 3.01. The molecule has 0 fully saturated rings. The van der Waals surface area contributed by atoms with Crippen LogP contribution < -0.4 is 10.1 Å². The lowest BCUT2D eigenvalue weighted by Gasteiger charge is -2.18. The number of hydrogen-bond donors (Lipinski definition) is 1. The van der Waals surface area contributed by atoms with Crippen LogP contribution in [0.3, 0.4) is 0 Å². The highest BCUT2D eigenvalue weighted by molar-refractivity contribution is 7.09. The summed E-state index contributed by atoms with van der Waals surface area (Å²) in [6.45, 7) is 2.70. The van der Waals surface area contributed by atoms with E-state index in [0.29, 0.717) is 6.61 Å². The molecular formula is C17H18N2OS. The summed E-state index contributed by atoms with van der Waals surface area (Å²) >= 11 is 1.62. The number of rotatable bonds is 5. The van der Waals surface area contributed by atoms with E-state index in [1.54, 1.807) is 11.3 Å². The molecule has 0 saturated heterocycles. The Kier molecular flexibility index (Phi) is 4.18. The number of hydrogen-bond acceptors (Lipinski definition) is 4. The molecule has 4 heteroatoms. The molecule has 0 spiro atoms. The van der Waals surface area contributed by atoms with Gasteiger partial charge in [-0.25, -0.2) is 0 Å². The highest BCUT2D eigenvalue weighted by atomic mass is 32.1. The minimum Gasteiger partial charge on any atom is -0.487 e. The molecule has 1 unspecified atom stereocenters. The topological polar surface area (TPSA) is 34.1 Å². The molecule has 1 heterocycles. The molecule has 1 atom stereocenters. The van der Waals surface area contributed by atoms with Crippen LogP contribution in [-0.2, 0) is 6.61 Å². The fraction of sp³-hybridized carbons (Fsp3) is 0.235. The van der Waals surface area contributed by atoms with E-state index in [2.05, 4.69) is 53.6 Å². The summed E-state index contributed by atoms with van der Waals surface area (Å²) < 4.78 is 6.15. The fourth-order valence-electron chi connectivity index (χ4n) is 2.37. The number of fused-ring (bicyclic) bond motifs is 1. The van der Waals surface area contributed by atoms with Crippen molar-refractivity contribution in [2.45, 2.75) is 19.6 Å². The summed E-state index contributed by atoms with van der Waals surface area (Å²) in [5.74, 6) is 0.961. The predicted molar refractivity (Wildman–Crippen MR) is 87.9 cm³/mol. The molecule has 3 aromatic rings. The van der Waals surface area contributed by atoms with Crippen LogP contribution in [0.1, 0.15) is 23.4 Å². The summed E-state index contributed by atoms with van der Waals surface area (Å²) in [4.78, 5) is 5.23. The van der Waals surface area contributed by atoms with Gasteiger partial charge in [-0.05, 0) is 19.4 Å². The van der Waals surface area contributed by atoms with Gasteiger partial charge in [0, 0.05) is 23.2 Å². The van der Waals surface area contributed by atoms with E-state index >= 15 is 0 Å². The van der Waals surface area contributed by atoms with Crippen LogP contribution >= 0.6 is 11.3 Å². The Balaban J connectivity index is 2.02. The van der Waals surface area contributed by atoms with E-state index in [1.165, 1.54) is 10.9 Å². The molecule has 21 heavy (non-hydrogen) atoms. The Morgan fingerprint density at radius 2 is 2.10 bits per heavy atom. The Morgan fingerprint density at radius 1 is 1.24 bits per heavy atom. The molecule has 0 saturated carbocycles. The normalized spacial score (nSPS) is 12.5. The maximum absolute atomic E-state index is 6.15. The van der Waals surface area contributed by atoms with Crippen molar-refractivity contribution in [3.8, 4) is 5.75 Å². The Morgan fingerprint density at radius 3 is 2.86 bits per heavy atom. The first-order valence-electron chi connectivity index (χ1n) is 6.98. The molecule has 0 radical (unpaired) electrons. The van der Waals surface area contributed by atoms with Gasteiger partial charge in [-0.3, -0.25) is 4.98 Å².